The van der Waals surface area contributed by atoms with Gasteiger partial charge in [-0.05, 0) is 36.1 Å². The minimum atomic E-state index is 0.0848. The van der Waals surface area contributed by atoms with Gasteiger partial charge < -0.3 is 5.32 Å². The molecule has 2 nitrogen and oxygen atoms in total. The molecule has 0 aliphatic heterocycles. The van der Waals surface area contributed by atoms with Gasteiger partial charge in [-0.25, -0.2) is 0 Å². The van der Waals surface area contributed by atoms with Gasteiger partial charge in [0.25, 0.3) is 0 Å². The van der Waals surface area contributed by atoms with Crippen molar-refractivity contribution >= 4 is 29.3 Å². The molecular formula is C18H18ClNOS. The Kier molecular flexibility index (Phi) is 5.06. The largest absolute Gasteiger partial charge is 0.355 e. The van der Waals surface area contributed by atoms with E-state index in [2.05, 4.69) is 17.4 Å². The van der Waals surface area contributed by atoms with Crippen molar-refractivity contribution in [3.8, 4) is 0 Å². The van der Waals surface area contributed by atoms with Crippen LogP contribution in [0.1, 0.15) is 17.9 Å². The van der Waals surface area contributed by atoms with Crippen LogP contribution in [0, 0.1) is 5.92 Å². The Hall–Kier alpha value is -1.45. The monoisotopic (exact) mass is 331 g/mol. The molecule has 3 rings (SSSR count). The van der Waals surface area contributed by atoms with E-state index >= 15 is 0 Å². The van der Waals surface area contributed by atoms with Gasteiger partial charge in [-0.3, -0.25) is 4.79 Å². The highest BCUT2D eigenvalue weighted by atomic mass is 35.5. The molecule has 2 aromatic carbocycles. The van der Waals surface area contributed by atoms with E-state index in [4.69, 9.17) is 11.6 Å². The lowest BCUT2D eigenvalue weighted by atomic mass is 10.1. The second-order valence-corrected chi connectivity index (χ2v) is 7.00. The van der Waals surface area contributed by atoms with Gasteiger partial charge in [0.2, 0.25) is 5.91 Å². The minimum absolute atomic E-state index is 0.0848. The molecule has 2 unspecified atom stereocenters. The summed E-state index contributed by atoms with van der Waals surface area (Å²) >= 11 is 7.95. The maximum atomic E-state index is 12.1. The summed E-state index contributed by atoms with van der Waals surface area (Å²) in [6, 6.07) is 18.0. The van der Waals surface area contributed by atoms with Crippen molar-refractivity contribution in [1.29, 1.82) is 0 Å². The third-order valence-corrected chi connectivity index (χ3v) is 5.20. The Morgan fingerprint density at radius 2 is 1.86 bits per heavy atom. The third kappa shape index (κ3) is 3.84. The van der Waals surface area contributed by atoms with E-state index < -0.39 is 0 Å². The van der Waals surface area contributed by atoms with Crippen LogP contribution >= 0.6 is 23.4 Å². The standard InChI is InChI=1S/C18H18ClNOS/c19-17-9-5-4-8-14(17)15-12-16(15)18(21)20-10-11-22-13-6-2-1-3-7-13/h1-9,15-16H,10-12H2,(H,20,21). The molecule has 0 heterocycles. The van der Waals surface area contributed by atoms with E-state index in [1.165, 1.54) is 4.90 Å². The SMILES string of the molecule is O=C(NCCSc1ccccc1)C1CC1c1ccccc1Cl. The number of rotatable bonds is 6. The van der Waals surface area contributed by atoms with Crippen molar-refractivity contribution in [2.45, 2.75) is 17.2 Å². The van der Waals surface area contributed by atoms with Crippen molar-refractivity contribution in [2.24, 2.45) is 5.92 Å². The van der Waals surface area contributed by atoms with Crippen LogP contribution in [-0.4, -0.2) is 18.2 Å². The quantitative estimate of drug-likeness (QED) is 0.629. The van der Waals surface area contributed by atoms with Crippen molar-refractivity contribution in [3.63, 3.8) is 0 Å². The fraction of sp³-hybridized carbons (Fsp3) is 0.278. The molecule has 114 valence electrons. The molecule has 0 bridgehead atoms. The van der Waals surface area contributed by atoms with E-state index in [1.807, 2.05) is 42.5 Å². The molecule has 1 fully saturated rings. The van der Waals surface area contributed by atoms with Crippen LogP contribution in [-0.2, 0) is 4.79 Å². The predicted molar refractivity (Wildman–Crippen MR) is 92.5 cm³/mol. The maximum absolute atomic E-state index is 12.1. The molecule has 4 heteroatoms. The van der Waals surface area contributed by atoms with Crippen LogP contribution in [0.2, 0.25) is 5.02 Å². The van der Waals surface area contributed by atoms with Gasteiger partial charge in [0.1, 0.15) is 0 Å². The van der Waals surface area contributed by atoms with E-state index in [0.717, 1.165) is 22.8 Å². The first kappa shape index (κ1) is 15.4. The number of hydrogen-bond acceptors (Lipinski definition) is 2. The highest BCUT2D eigenvalue weighted by Crippen LogP contribution is 2.49. The minimum Gasteiger partial charge on any atom is -0.355 e. The summed E-state index contributed by atoms with van der Waals surface area (Å²) in [5.41, 5.74) is 1.10. The van der Waals surface area contributed by atoms with Crippen molar-refractivity contribution in [1.82, 2.24) is 5.32 Å². The fourth-order valence-corrected chi connectivity index (χ4v) is 3.66. The van der Waals surface area contributed by atoms with Gasteiger partial charge in [-0.15, -0.1) is 11.8 Å². The van der Waals surface area contributed by atoms with Crippen LogP contribution in [0.25, 0.3) is 0 Å². The summed E-state index contributed by atoms with van der Waals surface area (Å²) in [5, 5.41) is 3.80. The predicted octanol–water partition coefficient (Wildman–Crippen LogP) is 4.35. The molecule has 0 radical (unpaired) electrons. The first-order valence-electron chi connectivity index (χ1n) is 7.45. The molecule has 1 saturated carbocycles. The first-order valence-corrected chi connectivity index (χ1v) is 8.82. The molecule has 2 aromatic rings. The molecule has 0 spiro atoms. The zero-order valence-electron chi connectivity index (χ0n) is 12.2. The number of nitrogens with one attached hydrogen (secondary N) is 1. The summed E-state index contributed by atoms with van der Waals surface area (Å²) in [6.07, 6.45) is 0.904. The molecule has 2 atom stereocenters. The van der Waals surface area contributed by atoms with Gasteiger partial charge in [0.15, 0.2) is 0 Å². The van der Waals surface area contributed by atoms with E-state index in [1.54, 1.807) is 11.8 Å². The Balaban J connectivity index is 1.42. The van der Waals surface area contributed by atoms with Gasteiger partial charge in [-0.1, -0.05) is 48.0 Å². The number of benzene rings is 2. The molecular weight excluding hydrogens is 314 g/mol. The Morgan fingerprint density at radius 3 is 2.64 bits per heavy atom. The van der Waals surface area contributed by atoms with Crippen LogP contribution in [0.3, 0.4) is 0 Å². The number of carbonyl (C=O) groups excluding carboxylic acids is 1. The Bertz CT molecular complexity index is 647. The second-order valence-electron chi connectivity index (χ2n) is 5.42. The molecule has 1 aliphatic carbocycles. The number of amides is 1. The summed E-state index contributed by atoms with van der Waals surface area (Å²) < 4.78 is 0. The highest BCUT2D eigenvalue weighted by molar-refractivity contribution is 7.99. The van der Waals surface area contributed by atoms with E-state index in [0.29, 0.717) is 6.54 Å². The lowest BCUT2D eigenvalue weighted by Crippen LogP contribution is -2.27. The van der Waals surface area contributed by atoms with Gasteiger partial charge in [-0.2, -0.15) is 0 Å². The summed E-state index contributed by atoms with van der Waals surface area (Å²) in [7, 11) is 0. The zero-order chi connectivity index (χ0) is 15.4. The lowest BCUT2D eigenvalue weighted by molar-refractivity contribution is -0.122. The fourth-order valence-electron chi connectivity index (χ4n) is 2.60. The zero-order valence-corrected chi connectivity index (χ0v) is 13.7. The normalized spacial score (nSPS) is 19.7. The lowest BCUT2D eigenvalue weighted by Gasteiger charge is -2.06. The topological polar surface area (TPSA) is 29.1 Å². The van der Waals surface area contributed by atoms with Gasteiger partial charge in [0.05, 0.1) is 0 Å². The van der Waals surface area contributed by atoms with Crippen molar-refractivity contribution in [2.75, 3.05) is 12.3 Å². The summed E-state index contributed by atoms with van der Waals surface area (Å²) in [5.74, 6) is 1.41. The van der Waals surface area contributed by atoms with Gasteiger partial charge in [0, 0.05) is 28.1 Å². The molecule has 0 aromatic heterocycles. The Morgan fingerprint density at radius 1 is 1.14 bits per heavy atom. The maximum Gasteiger partial charge on any atom is 0.223 e. The molecule has 1 amide bonds. The van der Waals surface area contributed by atoms with Crippen LogP contribution in [0.4, 0.5) is 0 Å². The van der Waals surface area contributed by atoms with E-state index in [9.17, 15) is 4.79 Å². The average Bonchev–Trinajstić information content (AvgIpc) is 3.33. The van der Waals surface area contributed by atoms with Crippen molar-refractivity contribution < 1.29 is 4.79 Å². The number of halogens is 1. The molecule has 0 saturated heterocycles. The number of thioether (sulfide) groups is 1. The summed E-state index contributed by atoms with van der Waals surface area (Å²) in [4.78, 5) is 13.4. The first-order chi connectivity index (χ1) is 10.8. The second kappa shape index (κ2) is 7.21. The van der Waals surface area contributed by atoms with Gasteiger partial charge >= 0.3 is 0 Å². The molecule has 1 aliphatic rings. The molecule has 1 N–H and O–H groups in total. The van der Waals surface area contributed by atoms with Crippen LogP contribution in [0.15, 0.2) is 59.5 Å². The number of hydrogen-bond donors (Lipinski definition) is 1. The number of carbonyl (C=O) groups is 1. The smallest absolute Gasteiger partial charge is 0.223 e. The van der Waals surface area contributed by atoms with E-state index in [-0.39, 0.29) is 17.7 Å². The van der Waals surface area contributed by atoms with Crippen LogP contribution < -0.4 is 5.32 Å². The molecule has 22 heavy (non-hydrogen) atoms. The van der Waals surface area contributed by atoms with Crippen molar-refractivity contribution in [3.05, 3.63) is 65.2 Å². The average molecular weight is 332 g/mol. The Labute approximate surface area is 140 Å². The summed E-state index contributed by atoms with van der Waals surface area (Å²) in [6.45, 7) is 0.699. The highest BCUT2D eigenvalue weighted by Gasteiger charge is 2.44. The van der Waals surface area contributed by atoms with Crippen LogP contribution in [0.5, 0.6) is 0 Å². The third-order valence-electron chi connectivity index (χ3n) is 3.85.